The summed E-state index contributed by atoms with van der Waals surface area (Å²) in [7, 11) is 3.34. The zero-order chi connectivity index (χ0) is 25.1. The molecule has 0 saturated heterocycles. The van der Waals surface area contributed by atoms with E-state index in [-0.39, 0.29) is 18.0 Å². The maximum atomic E-state index is 13.1. The lowest BCUT2D eigenvalue weighted by Crippen LogP contribution is -2.25. The monoisotopic (exact) mass is 487 g/mol. The molecule has 0 spiro atoms. The molecule has 4 aromatic rings. The Morgan fingerprint density at radius 1 is 1.11 bits per heavy atom. The van der Waals surface area contributed by atoms with Gasteiger partial charge in [-0.15, -0.1) is 0 Å². The van der Waals surface area contributed by atoms with E-state index in [0.717, 1.165) is 34.6 Å². The number of nitrogens with zero attached hydrogens (tertiary/aromatic N) is 3. The lowest BCUT2D eigenvalue weighted by atomic mass is 9.89. The van der Waals surface area contributed by atoms with E-state index in [1.54, 1.807) is 23.4 Å². The van der Waals surface area contributed by atoms with Gasteiger partial charge in [0.15, 0.2) is 0 Å². The van der Waals surface area contributed by atoms with Crippen LogP contribution in [-0.2, 0) is 24.9 Å². The van der Waals surface area contributed by atoms with Gasteiger partial charge in [0.2, 0.25) is 5.91 Å². The molecule has 0 unspecified atom stereocenters. The number of carbonyl (C=O) groups is 1. The fraction of sp³-hybridized carbons (Fsp3) is 0.393. The van der Waals surface area contributed by atoms with Crippen molar-refractivity contribution in [3.8, 4) is 5.75 Å². The van der Waals surface area contributed by atoms with E-state index in [2.05, 4.69) is 15.7 Å². The third kappa shape index (κ3) is 4.86. The van der Waals surface area contributed by atoms with Gasteiger partial charge in [-0.2, -0.15) is 5.10 Å². The van der Waals surface area contributed by atoms with Gasteiger partial charge in [0.1, 0.15) is 12.3 Å². The normalized spacial score (nSPS) is 14.4. The first-order valence-corrected chi connectivity index (χ1v) is 12.7. The van der Waals surface area contributed by atoms with E-state index in [4.69, 9.17) is 4.74 Å². The molecule has 0 radical (unpaired) electrons. The number of carbonyl (C=O) groups excluding carboxylic acids is 1. The molecule has 1 aliphatic rings. The van der Waals surface area contributed by atoms with Crippen LogP contribution in [0.1, 0.15) is 37.7 Å². The van der Waals surface area contributed by atoms with Crippen molar-refractivity contribution < 1.29 is 9.53 Å². The van der Waals surface area contributed by atoms with Crippen molar-refractivity contribution in [1.29, 1.82) is 0 Å². The van der Waals surface area contributed by atoms with E-state index in [9.17, 15) is 9.59 Å². The van der Waals surface area contributed by atoms with Gasteiger partial charge in [0, 0.05) is 24.7 Å². The first-order chi connectivity index (χ1) is 17.5. The molecule has 2 aromatic heterocycles. The number of ether oxygens (including phenoxy) is 1. The minimum Gasteiger partial charge on any atom is -0.497 e. The molecule has 1 amide bonds. The van der Waals surface area contributed by atoms with Crippen LogP contribution in [-0.4, -0.2) is 33.9 Å². The van der Waals surface area contributed by atoms with Crippen molar-refractivity contribution >= 4 is 33.4 Å². The Bertz CT molecular complexity index is 1450. The number of benzene rings is 2. The number of rotatable bonds is 8. The standard InChI is InChI=1S/C28H33N5O3/c1-32-25-13-12-21(36-2)14-22(25)27-23(28(32)35)17-30-33(27)18-26(34)31-24-11-7-6-10-20(24)16-29-15-19-8-4-3-5-9-19/h6-7,10-14,17,19,29H,3-5,8-9,15-16,18H2,1-2H3,(H,31,34). The highest BCUT2D eigenvalue weighted by Crippen LogP contribution is 2.27. The average Bonchev–Trinajstić information content (AvgIpc) is 3.32. The number of fused-ring (bicyclic) bond motifs is 3. The van der Waals surface area contributed by atoms with Gasteiger partial charge >= 0.3 is 0 Å². The molecule has 8 nitrogen and oxygen atoms in total. The molecule has 2 heterocycles. The molecule has 1 aliphatic carbocycles. The van der Waals surface area contributed by atoms with Crippen LogP contribution in [0, 0.1) is 5.92 Å². The number of methoxy groups -OCH3 is 1. The molecule has 1 fully saturated rings. The summed E-state index contributed by atoms with van der Waals surface area (Å²) in [4.78, 5) is 26.0. The summed E-state index contributed by atoms with van der Waals surface area (Å²) in [6.07, 6.45) is 8.14. The second-order valence-electron chi connectivity index (χ2n) is 9.65. The summed E-state index contributed by atoms with van der Waals surface area (Å²) in [5.41, 5.74) is 3.08. The third-order valence-electron chi connectivity index (χ3n) is 7.25. The SMILES string of the molecule is COc1ccc2c(c1)c1c(cnn1CC(=O)Nc1ccccc1CNCC1CCCCC1)c(=O)n2C. The predicted octanol–water partition coefficient (Wildman–Crippen LogP) is 4.21. The molecule has 0 bridgehead atoms. The minimum atomic E-state index is -0.198. The van der Waals surface area contributed by atoms with E-state index >= 15 is 0 Å². The number of aryl methyl sites for hydroxylation is 1. The van der Waals surface area contributed by atoms with Crippen LogP contribution >= 0.6 is 0 Å². The van der Waals surface area contributed by atoms with Crippen LogP contribution in [0.5, 0.6) is 5.75 Å². The quantitative estimate of drug-likeness (QED) is 0.389. The third-order valence-corrected chi connectivity index (χ3v) is 7.25. The van der Waals surface area contributed by atoms with Crippen molar-refractivity contribution in [3.05, 3.63) is 64.6 Å². The lowest BCUT2D eigenvalue weighted by Gasteiger charge is -2.22. The van der Waals surface area contributed by atoms with Crippen LogP contribution in [0.25, 0.3) is 21.8 Å². The zero-order valence-corrected chi connectivity index (χ0v) is 20.9. The Labute approximate surface area is 210 Å². The van der Waals surface area contributed by atoms with E-state index in [1.807, 2.05) is 42.5 Å². The number of pyridine rings is 1. The second kappa shape index (κ2) is 10.5. The topological polar surface area (TPSA) is 90.2 Å². The number of hydrogen-bond acceptors (Lipinski definition) is 5. The Hall–Kier alpha value is -3.65. The van der Waals surface area contributed by atoms with Crippen molar-refractivity contribution in [1.82, 2.24) is 19.7 Å². The summed E-state index contributed by atoms with van der Waals surface area (Å²) < 4.78 is 8.59. The maximum Gasteiger partial charge on any atom is 0.261 e. The smallest absolute Gasteiger partial charge is 0.261 e. The van der Waals surface area contributed by atoms with Crippen molar-refractivity contribution in [3.63, 3.8) is 0 Å². The molecular weight excluding hydrogens is 454 g/mol. The summed E-state index contributed by atoms with van der Waals surface area (Å²) in [6, 6.07) is 13.4. The van der Waals surface area contributed by atoms with Crippen molar-refractivity contribution in [2.24, 2.45) is 13.0 Å². The number of amides is 1. The highest BCUT2D eigenvalue weighted by molar-refractivity contribution is 6.04. The van der Waals surface area contributed by atoms with Crippen LogP contribution in [0.4, 0.5) is 5.69 Å². The Balaban J connectivity index is 1.35. The van der Waals surface area contributed by atoms with Gasteiger partial charge < -0.3 is 19.9 Å². The summed E-state index contributed by atoms with van der Waals surface area (Å²) >= 11 is 0. The van der Waals surface area contributed by atoms with E-state index < -0.39 is 0 Å². The minimum absolute atomic E-state index is 0.00713. The van der Waals surface area contributed by atoms with E-state index in [0.29, 0.717) is 23.2 Å². The fourth-order valence-corrected chi connectivity index (χ4v) is 5.28. The first-order valence-electron chi connectivity index (χ1n) is 12.7. The Morgan fingerprint density at radius 3 is 2.72 bits per heavy atom. The number of anilines is 1. The highest BCUT2D eigenvalue weighted by Gasteiger charge is 2.17. The Morgan fingerprint density at radius 2 is 1.92 bits per heavy atom. The largest absolute Gasteiger partial charge is 0.497 e. The molecule has 1 saturated carbocycles. The summed E-state index contributed by atoms with van der Waals surface area (Å²) in [6.45, 7) is 1.71. The van der Waals surface area contributed by atoms with Gasteiger partial charge in [-0.05, 0) is 55.1 Å². The van der Waals surface area contributed by atoms with Crippen LogP contribution < -0.4 is 20.9 Å². The van der Waals surface area contributed by atoms with Gasteiger partial charge in [-0.1, -0.05) is 37.5 Å². The van der Waals surface area contributed by atoms with Crippen LogP contribution in [0.3, 0.4) is 0 Å². The summed E-state index contributed by atoms with van der Waals surface area (Å²) in [5, 5.41) is 12.3. The van der Waals surface area contributed by atoms with Crippen molar-refractivity contribution in [2.45, 2.75) is 45.2 Å². The molecule has 2 aromatic carbocycles. The van der Waals surface area contributed by atoms with Gasteiger partial charge in [0.05, 0.1) is 29.7 Å². The van der Waals surface area contributed by atoms with E-state index in [1.165, 1.54) is 38.3 Å². The average molecular weight is 488 g/mol. The van der Waals surface area contributed by atoms with Crippen molar-refractivity contribution in [2.75, 3.05) is 19.0 Å². The van der Waals surface area contributed by atoms with Crippen LogP contribution in [0.2, 0.25) is 0 Å². The fourth-order valence-electron chi connectivity index (χ4n) is 5.28. The number of nitrogens with one attached hydrogen (secondary N) is 2. The number of aromatic nitrogens is 3. The highest BCUT2D eigenvalue weighted by atomic mass is 16.5. The molecular formula is C28H33N5O3. The predicted molar refractivity (Wildman–Crippen MR) is 142 cm³/mol. The van der Waals surface area contributed by atoms with Gasteiger partial charge in [-0.25, -0.2) is 0 Å². The molecule has 0 aliphatic heterocycles. The summed E-state index contributed by atoms with van der Waals surface area (Å²) in [5.74, 6) is 1.22. The second-order valence-corrected chi connectivity index (χ2v) is 9.65. The molecule has 5 rings (SSSR count). The van der Waals surface area contributed by atoms with Gasteiger partial charge in [0.25, 0.3) is 5.56 Å². The molecule has 8 heteroatoms. The Kier molecular flexibility index (Phi) is 7.04. The molecule has 2 N–H and O–H groups in total. The van der Waals surface area contributed by atoms with Crippen LogP contribution in [0.15, 0.2) is 53.5 Å². The molecule has 0 atom stereocenters. The molecule has 36 heavy (non-hydrogen) atoms. The molecule has 188 valence electrons. The van der Waals surface area contributed by atoms with Gasteiger partial charge in [-0.3, -0.25) is 14.3 Å². The lowest BCUT2D eigenvalue weighted by molar-refractivity contribution is -0.116. The maximum absolute atomic E-state index is 13.1. The first kappa shape index (κ1) is 24.1. The number of para-hydroxylation sites is 1. The zero-order valence-electron chi connectivity index (χ0n) is 20.9. The number of hydrogen-bond donors (Lipinski definition) is 2.